The molecular formula is C23H33N3O2. The summed E-state index contributed by atoms with van der Waals surface area (Å²) in [7, 11) is 0. The highest BCUT2D eigenvalue weighted by atomic mass is 16.2. The van der Waals surface area contributed by atoms with Crippen molar-refractivity contribution in [2.75, 3.05) is 19.6 Å². The van der Waals surface area contributed by atoms with E-state index >= 15 is 0 Å². The quantitative estimate of drug-likeness (QED) is 0.788. The van der Waals surface area contributed by atoms with Crippen molar-refractivity contribution in [1.82, 2.24) is 15.1 Å². The van der Waals surface area contributed by atoms with E-state index in [0.29, 0.717) is 31.5 Å². The monoisotopic (exact) mass is 383 g/mol. The Bertz CT molecular complexity index is 668. The maximum atomic E-state index is 13.3. The smallest absolute Gasteiger partial charge is 0.237 e. The van der Waals surface area contributed by atoms with Crippen molar-refractivity contribution >= 4 is 11.8 Å². The van der Waals surface area contributed by atoms with Gasteiger partial charge in [0, 0.05) is 32.2 Å². The molecule has 28 heavy (non-hydrogen) atoms. The molecular weight excluding hydrogens is 350 g/mol. The largest absolute Gasteiger partial charge is 0.353 e. The number of hydrogen-bond donors (Lipinski definition) is 1. The molecule has 3 fully saturated rings. The Morgan fingerprint density at radius 2 is 1.82 bits per heavy atom. The third kappa shape index (κ3) is 4.57. The first kappa shape index (κ1) is 19.4. The maximum Gasteiger partial charge on any atom is 0.237 e. The molecule has 5 nitrogen and oxygen atoms in total. The van der Waals surface area contributed by atoms with Crippen LogP contribution in [0.25, 0.3) is 0 Å². The fourth-order valence-corrected chi connectivity index (χ4v) is 4.96. The van der Waals surface area contributed by atoms with Crippen LogP contribution < -0.4 is 5.32 Å². The van der Waals surface area contributed by atoms with Crippen LogP contribution in [0.3, 0.4) is 0 Å². The normalized spacial score (nSPS) is 24.0. The SMILES string of the molecule is O=C1NCCN(C2CCCC2)C1CC(=O)N(Cc1ccccc1)CC1CCC1. The molecule has 1 N–H and O–H groups in total. The van der Waals surface area contributed by atoms with Crippen molar-refractivity contribution in [3.05, 3.63) is 35.9 Å². The zero-order valence-electron chi connectivity index (χ0n) is 16.8. The summed E-state index contributed by atoms with van der Waals surface area (Å²) >= 11 is 0. The van der Waals surface area contributed by atoms with E-state index < -0.39 is 0 Å². The zero-order chi connectivity index (χ0) is 19.3. The molecule has 4 rings (SSSR count). The maximum absolute atomic E-state index is 13.3. The standard InChI is InChI=1S/C23H33N3O2/c27-22(15-21-23(28)24-13-14-26(21)20-11-4-5-12-20)25(17-19-9-6-10-19)16-18-7-2-1-3-8-18/h1-3,7-8,19-21H,4-6,9-17H2,(H,24,28). The number of hydrogen-bond acceptors (Lipinski definition) is 3. The summed E-state index contributed by atoms with van der Waals surface area (Å²) in [6.07, 6.45) is 8.83. The first-order chi connectivity index (χ1) is 13.7. The molecule has 1 aromatic carbocycles. The van der Waals surface area contributed by atoms with Crippen molar-refractivity contribution < 1.29 is 9.59 Å². The number of benzene rings is 1. The number of carbonyl (C=O) groups excluding carboxylic acids is 2. The van der Waals surface area contributed by atoms with Crippen molar-refractivity contribution in [1.29, 1.82) is 0 Å². The third-order valence-corrected chi connectivity index (χ3v) is 6.81. The van der Waals surface area contributed by atoms with Gasteiger partial charge in [-0.05, 0) is 37.2 Å². The molecule has 1 aromatic rings. The number of carbonyl (C=O) groups is 2. The molecule has 2 aliphatic carbocycles. The molecule has 0 aromatic heterocycles. The third-order valence-electron chi connectivity index (χ3n) is 6.81. The van der Waals surface area contributed by atoms with Crippen molar-refractivity contribution in [3.8, 4) is 0 Å². The lowest BCUT2D eigenvalue weighted by atomic mass is 9.85. The Labute approximate surface area is 168 Å². The zero-order valence-corrected chi connectivity index (χ0v) is 16.8. The lowest BCUT2D eigenvalue weighted by molar-refractivity contribution is -0.140. The van der Waals surface area contributed by atoms with Crippen molar-refractivity contribution in [3.63, 3.8) is 0 Å². The van der Waals surface area contributed by atoms with Gasteiger partial charge in [0.25, 0.3) is 0 Å². The lowest BCUT2D eigenvalue weighted by Crippen LogP contribution is -2.59. The van der Waals surface area contributed by atoms with Gasteiger partial charge in [-0.1, -0.05) is 49.6 Å². The van der Waals surface area contributed by atoms with Crippen LogP contribution in [0, 0.1) is 5.92 Å². The second-order valence-electron chi connectivity index (χ2n) is 8.74. The van der Waals surface area contributed by atoms with E-state index in [2.05, 4.69) is 22.3 Å². The van der Waals surface area contributed by atoms with Gasteiger partial charge >= 0.3 is 0 Å². The molecule has 1 unspecified atom stereocenters. The second kappa shape index (κ2) is 9.08. The van der Waals surface area contributed by atoms with E-state index in [9.17, 15) is 9.59 Å². The minimum absolute atomic E-state index is 0.0369. The molecule has 1 heterocycles. The molecule has 1 saturated heterocycles. The lowest BCUT2D eigenvalue weighted by Gasteiger charge is -2.40. The van der Waals surface area contributed by atoms with Crippen LogP contribution in [-0.4, -0.2) is 53.3 Å². The molecule has 2 saturated carbocycles. The van der Waals surface area contributed by atoms with Crippen LogP contribution in [0.1, 0.15) is 56.9 Å². The first-order valence-electron chi connectivity index (χ1n) is 11.1. The summed E-state index contributed by atoms with van der Waals surface area (Å²) in [6, 6.07) is 10.4. The molecule has 0 bridgehead atoms. The van der Waals surface area contributed by atoms with E-state index in [4.69, 9.17) is 0 Å². The van der Waals surface area contributed by atoms with Crippen LogP contribution in [0.4, 0.5) is 0 Å². The summed E-state index contributed by atoms with van der Waals surface area (Å²) in [5, 5.41) is 2.99. The molecule has 0 radical (unpaired) electrons. The molecule has 1 aliphatic heterocycles. The summed E-state index contributed by atoms with van der Waals surface area (Å²) in [6.45, 7) is 3.05. The Morgan fingerprint density at radius 3 is 2.50 bits per heavy atom. The van der Waals surface area contributed by atoms with Gasteiger partial charge in [0.15, 0.2) is 0 Å². The Balaban J connectivity index is 1.45. The van der Waals surface area contributed by atoms with Crippen LogP contribution in [0.2, 0.25) is 0 Å². The van der Waals surface area contributed by atoms with Crippen LogP contribution in [0.5, 0.6) is 0 Å². The second-order valence-corrected chi connectivity index (χ2v) is 8.74. The fraction of sp³-hybridized carbons (Fsp3) is 0.652. The van der Waals surface area contributed by atoms with Gasteiger partial charge in [0.2, 0.25) is 11.8 Å². The molecule has 5 heteroatoms. The number of nitrogens with one attached hydrogen (secondary N) is 1. The molecule has 152 valence electrons. The van der Waals surface area contributed by atoms with E-state index in [-0.39, 0.29) is 17.9 Å². The highest BCUT2D eigenvalue weighted by Gasteiger charge is 2.38. The van der Waals surface area contributed by atoms with Gasteiger partial charge in [-0.25, -0.2) is 0 Å². The average Bonchev–Trinajstić information content (AvgIpc) is 3.20. The van der Waals surface area contributed by atoms with E-state index in [0.717, 1.165) is 31.5 Å². The molecule has 3 aliphatic rings. The average molecular weight is 384 g/mol. The fourth-order valence-electron chi connectivity index (χ4n) is 4.96. The minimum atomic E-state index is -0.302. The number of rotatable bonds is 7. The van der Waals surface area contributed by atoms with Crippen LogP contribution in [-0.2, 0) is 16.1 Å². The summed E-state index contributed by atoms with van der Waals surface area (Å²) in [4.78, 5) is 30.3. The summed E-state index contributed by atoms with van der Waals surface area (Å²) < 4.78 is 0. The van der Waals surface area contributed by atoms with Crippen molar-refractivity contribution in [2.45, 2.75) is 70.0 Å². The highest BCUT2D eigenvalue weighted by Crippen LogP contribution is 2.29. The van der Waals surface area contributed by atoms with Crippen LogP contribution in [0.15, 0.2) is 30.3 Å². The Kier molecular flexibility index (Phi) is 6.30. The minimum Gasteiger partial charge on any atom is -0.353 e. The van der Waals surface area contributed by atoms with E-state index in [1.54, 1.807) is 0 Å². The van der Waals surface area contributed by atoms with Gasteiger partial charge in [-0.15, -0.1) is 0 Å². The Hall–Kier alpha value is -1.88. The molecule has 1 atom stereocenters. The predicted octanol–water partition coefficient (Wildman–Crippen LogP) is 2.95. The first-order valence-corrected chi connectivity index (χ1v) is 11.1. The van der Waals surface area contributed by atoms with Gasteiger partial charge < -0.3 is 10.2 Å². The van der Waals surface area contributed by atoms with Crippen molar-refractivity contribution in [2.24, 2.45) is 5.92 Å². The Morgan fingerprint density at radius 1 is 1.07 bits per heavy atom. The molecule has 2 amide bonds. The van der Waals surface area contributed by atoms with Gasteiger partial charge in [-0.2, -0.15) is 0 Å². The van der Waals surface area contributed by atoms with E-state index in [1.165, 1.54) is 32.1 Å². The number of piperazine rings is 1. The van der Waals surface area contributed by atoms with E-state index in [1.807, 2.05) is 23.1 Å². The number of amides is 2. The topological polar surface area (TPSA) is 52.7 Å². The predicted molar refractivity (Wildman–Crippen MR) is 110 cm³/mol. The van der Waals surface area contributed by atoms with Gasteiger partial charge in [0.05, 0.1) is 12.5 Å². The number of nitrogens with zero attached hydrogens (tertiary/aromatic N) is 2. The summed E-state index contributed by atoms with van der Waals surface area (Å²) in [5.74, 6) is 0.786. The van der Waals surface area contributed by atoms with Crippen LogP contribution >= 0.6 is 0 Å². The summed E-state index contributed by atoms with van der Waals surface area (Å²) in [5.41, 5.74) is 1.16. The van der Waals surface area contributed by atoms with Gasteiger partial charge in [-0.3, -0.25) is 14.5 Å². The molecule has 0 spiro atoms. The van der Waals surface area contributed by atoms with Gasteiger partial charge in [0.1, 0.15) is 0 Å². The highest BCUT2D eigenvalue weighted by molar-refractivity contribution is 5.89.